The highest BCUT2D eigenvalue weighted by molar-refractivity contribution is 5.69. The van der Waals surface area contributed by atoms with Crippen LogP contribution < -0.4 is 0 Å². The summed E-state index contributed by atoms with van der Waals surface area (Å²) in [6.07, 6.45) is 5.62. The molecule has 0 radical (unpaired) electrons. The Morgan fingerprint density at radius 2 is 1.79 bits per heavy atom. The number of carbonyl (C=O) groups is 1. The van der Waals surface area contributed by atoms with Gasteiger partial charge in [-0.1, -0.05) is 19.8 Å². The molecule has 0 rings (SSSR count). The molecule has 0 spiro atoms. The normalized spacial score (nSPS) is 10.1. The number of hydrogen-bond donors (Lipinski definition) is 0. The second-order valence-electron chi connectivity index (χ2n) is 3.38. The molecular formula is C11H22O3. The van der Waals surface area contributed by atoms with Crippen LogP contribution in [0.15, 0.2) is 0 Å². The van der Waals surface area contributed by atoms with Gasteiger partial charge >= 0.3 is 5.97 Å². The molecule has 0 N–H and O–H groups in total. The van der Waals surface area contributed by atoms with E-state index in [1.165, 1.54) is 0 Å². The van der Waals surface area contributed by atoms with Crippen LogP contribution in [-0.2, 0) is 14.3 Å². The topological polar surface area (TPSA) is 35.5 Å². The first-order chi connectivity index (χ1) is 6.81. The molecule has 0 aliphatic rings. The summed E-state index contributed by atoms with van der Waals surface area (Å²) in [5.41, 5.74) is 0. The number of ether oxygens (including phenoxy) is 2. The summed E-state index contributed by atoms with van der Waals surface area (Å²) in [6, 6.07) is 0. The summed E-state index contributed by atoms with van der Waals surface area (Å²) >= 11 is 0. The van der Waals surface area contributed by atoms with E-state index in [1.807, 2.05) is 0 Å². The van der Waals surface area contributed by atoms with Crippen LogP contribution in [0.1, 0.15) is 45.4 Å². The molecule has 0 fully saturated rings. The summed E-state index contributed by atoms with van der Waals surface area (Å²) in [5, 5.41) is 0. The van der Waals surface area contributed by atoms with E-state index >= 15 is 0 Å². The lowest BCUT2D eigenvalue weighted by Gasteiger charge is -2.03. The Hall–Kier alpha value is -0.570. The van der Waals surface area contributed by atoms with Gasteiger partial charge in [0.05, 0.1) is 6.61 Å². The van der Waals surface area contributed by atoms with E-state index in [0.717, 1.165) is 38.7 Å². The van der Waals surface area contributed by atoms with Crippen molar-refractivity contribution in [3.05, 3.63) is 0 Å². The largest absolute Gasteiger partial charge is 0.466 e. The molecule has 0 unspecified atom stereocenters. The minimum Gasteiger partial charge on any atom is -0.466 e. The third kappa shape index (κ3) is 9.52. The molecule has 0 aromatic carbocycles. The zero-order valence-electron chi connectivity index (χ0n) is 9.38. The third-order valence-corrected chi connectivity index (χ3v) is 1.99. The molecule has 0 aliphatic carbocycles. The SMILES string of the molecule is CCCCCC(=O)OCCCCOC. The predicted octanol–water partition coefficient (Wildman–Crippen LogP) is 2.54. The monoisotopic (exact) mass is 202 g/mol. The van der Waals surface area contributed by atoms with Crippen LogP contribution in [0.2, 0.25) is 0 Å². The highest BCUT2D eigenvalue weighted by Crippen LogP contribution is 2.01. The maximum Gasteiger partial charge on any atom is 0.305 e. The van der Waals surface area contributed by atoms with Crippen molar-refractivity contribution in [3.8, 4) is 0 Å². The van der Waals surface area contributed by atoms with Crippen LogP contribution in [-0.4, -0.2) is 26.3 Å². The Labute approximate surface area is 86.8 Å². The van der Waals surface area contributed by atoms with Gasteiger partial charge in [-0.25, -0.2) is 0 Å². The van der Waals surface area contributed by atoms with Crippen molar-refractivity contribution >= 4 is 5.97 Å². The molecule has 0 aliphatic heterocycles. The van der Waals surface area contributed by atoms with Crippen molar-refractivity contribution < 1.29 is 14.3 Å². The average molecular weight is 202 g/mol. The lowest BCUT2D eigenvalue weighted by Crippen LogP contribution is -2.06. The van der Waals surface area contributed by atoms with Crippen LogP contribution in [0, 0.1) is 0 Å². The quantitative estimate of drug-likeness (QED) is 0.426. The Morgan fingerprint density at radius 3 is 2.43 bits per heavy atom. The molecule has 0 saturated heterocycles. The van der Waals surface area contributed by atoms with Crippen LogP contribution >= 0.6 is 0 Å². The second kappa shape index (κ2) is 10.5. The van der Waals surface area contributed by atoms with E-state index in [0.29, 0.717) is 13.0 Å². The summed E-state index contributed by atoms with van der Waals surface area (Å²) in [4.78, 5) is 11.1. The minimum atomic E-state index is -0.0594. The van der Waals surface area contributed by atoms with Gasteiger partial charge in [0.2, 0.25) is 0 Å². The van der Waals surface area contributed by atoms with Gasteiger partial charge in [0.1, 0.15) is 0 Å². The lowest BCUT2D eigenvalue weighted by molar-refractivity contribution is -0.143. The number of rotatable bonds is 9. The summed E-state index contributed by atoms with van der Waals surface area (Å²) in [6.45, 7) is 3.40. The van der Waals surface area contributed by atoms with Gasteiger partial charge in [-0.15, -0.1) is 0 Å². The molecule has 0 amide bonds. The van der Waals surface area contributed by atoms with Gasteiger partial charge in [0.15, 0.2) is 0 Å². The first-order valence-electron chi connectivity index (χ1n) is 5.45. The fourth-order valence-electron chi connectivity index (χ4n) is 1.13. The number of methoxy groups -OCH3 is 1. The van der Waals surface area contributed by atoms with E-state index in [9.17, 15) is 4.79 Å². The molecular weight excluding hydrogens is 180 g/mol. The van der Waals surface area contributed by atoms with E-state index in [-0.39, 0.29) is 5.97 Å². The predicted molar refractivity (Wildman–Crippen MR) is 56.2 cm³/mol. The smallest absolute Gasteiger partial charge is 0.305 e. The molecule has 0 atom stereocenters. The number of carbonyl (C=O) groups excluding carboxylic acids is 1. The summed E-state index contributed by atoms with van der Waals surface area (Å²) in [5.74, 6) is -0.0594. The molecule has 14 heavy (non-hydrogen) atoms. The van der Waals surface area contributed by atoms with E-state index in [4.69, 9.17) is 9.47 Å². The molecule has 3 nitrogen and oxygen atoms in total. The fourth-order valence-corrected chi connectivity index (χ4v) is 1.13. The van der Waals surface area contributed by atoms with Gasteiger partial charge < -0.3 is 9.47 Å². The van der Waals surface area contributed by atoms with Crippen LogP contribution in [0.4, 0.5) is 0 Å². The van der Waals surface area contributed by atoms with E-state index in [1.54, 1.807) is 7.11 Å². The third-order valence-electron chi connectivity index (χ3n) is 1.99. The van der Waals surface area contributed by atoms with Gasteiger partial charge in [-0.2, -0.15) is 0 Å². The fraction of sp³-hybridized carbons (Fsp3) is 0.909. The van der Waals surface area contributed by atoms with Crippen molar-refractivity contribution in [2.75, 3.05) is 20.3 Å². The lowest BCUT2D eigenvalue weighted by atomic mass is 10.2. The van der Waals surface area contributed by atoms with Crippen molar-refractivity contribution in [3.63, 3.8) is 0 Å². The Bertz CT molecular complexity index is 134. The van der Waals surface area contributed by atoms with Gasteiger partial charge in [0, 0.05) is 20.1 Å². The van der Waals surface area contributed by atoms with Crippen molar-refractivity contribution in [1.29, 1.82) is 0 Å². The van der Waals surface area contributed by atoms with Crippen LogP contribution in [0.3, 0.4) is 0 Å². The van der Waals surface area contributed by atoms with E-state index < -0.39 is 0 Å². The zero-order chi connectivity index (χ0) is 10.6. The highest BCUT2D eigenvalue weighted by Gasteiger charge is 2.01. The standard InChI is InChI=1S/C11H22O3/c1-3-4-5-8-11(12)14-10-7-6-9-13-2/h3-10H2,1-2H3. The maximum atomic E-state index is 11.1. The Morgan fingerprint density at radius 1 is 1.07 bits per heavy atom. The maximum absolute atomic E-state index is 11.1. The molecule has 0 aromatic rings. The van der Waals surface area contributed by atoms with Crippen molar-refractivity contribution in [2.24, 2.45) is 0 Å². The van der Waals surface area contributed by atoms with Crippen molar-refractivity contribution in [2.45, 2.75) is 45.4 Å². The number of hydrogen-bond acceptors (Lipinski definition) is 3. The zero-order valence-corrected chi connectivity index (χ0v) is 9.38. The molecule has 0 bridgehead atoms. The average Bonchev–Trinajstić information content (AvgIpc) is 2.18. The first kappa shape index (κ1) is 13.4. The molecule has 0 aromatic heterocycles. The van der Waals surface area contributed by atoms with Crippen molar-refractivity contribution in [1.82, 2.24) is 0 Å². The minimum absolute atomic E-state index is 0.0594. The second-order valence-corrected chi connectivity index (χ2v) is 3.38. The van der Waals surface area contributed by atoms with Gasteiger partial charge in [-0.3, -0.25) is 4.79 Å². The number of esters is 1. The Kier molecular flexibility index (Phi) is 10.1. The molecule has 3 heteroatoms. The van der Waals surface area contributed by atoms with Crippen LogP contribution in [0.25, 0.3) is 0 Å². The number of unbranched alkanes of at least 4 members (excludes halogenated alkanes) is 3. The molecule has 0 saturated carbocycles. The van der Waals surface area contributed by atoms with Gasteiger partial charge in [0.25, 0.3) is 0 Å². The molecule has 0 heterocycles. The summed E-state index contributed by atoms with van der Waals surface area (Å²) < 4.78 is 9.93. The van der Waals surface area contributed by atoms with Gasteiger partial charge in [-0.05, 0) is 19.3 Å². The molecule has 84 valence electrons. The highest BCUT2D eigenvalue weighted by atomic mass is 16.5. The Balaban J connectivity index is 3.10. The van der Waals surface area contributed by atoms with Crippen LogP contribution in [0.5, 0.6) is 0 Å². The summed E-state index contributed by atoms with van der Waals surface area (Å²) in [7, 11) is 1.68. The van der Waals surface area contributed by atoms with E-state index in [2.05, 4.69) is 6.92 Å². The first-order valence-corrected chi connectivity index (χ1v) is 5.45.